The molecule has 0 spiro atoms. The van der Waals surface area contributed by atoms with Gasteiger partial charge in [-0.15, -0.1) is 5.10 Å². The summed E-state index contributed by atoms with van der Waals surface area (Å²) >= 11 is 0. The van der Waals surface area contributed by atoms with E-state index in [1.165, 1.54) is 5.56 Å². The molecule has 2 aromatic carbocycles. The number of aryl methyl sites for hydroxylation is 1. The van der Waals surface area contributed by atoms with Crippen molar-refractivity contribution < 1.29 is 13.9 Å². The van der Waals surface area contributed by atoms with Gasteiger partial charge in [0.25, 0.3) is 0 Å². The van der Waals surface area contributed by atoms with Crippen LogP contribution in [0.3, 0.4) is 0 Å². The molecule has 0 saturated carbocycles. The number of hydrogen-bond donors (Lipinski definition) is 2. The molecule has 0 atom stereocenters. The lowest BCUT2D eigenvalue weighted by Gasteiger charge is -2.28. The number of rotatable bonds is 6. The van der Waals surface area contributed by atoms with E-state index < -0.39 is 5.91 Å². The first kappa shape index (κ1) is 18.9. The molecule has 150 valence electrons. The molecule has 0 bridgehead atoms. The molecule has 1 saturated heterocycles. The smallest absolute Gasteiger partial charge is 0.320 e. The molecule has 1 aromatic heterocycles. The van der Waals surface area contributed by atoms with Crippen molar-refractivity contribution in [3.8, 4) is 0 Å². The highest BCUT2D eigenvalue weighted by atomic mass is 16.5. The number of nitrogens with one attached hydrogen (secondary N) is 2. The summed E-state index contributed by atoms with van der Waals surface area (Å²) in [6.45, 7) is 5.28. The molecule has 2 N–H and O–H groups in total. The first-order valence-corrected chi connectivity index (χ1v) is 9.65. The van der Waals surface area contributed by atoms with Crippen molar-refractivity contribution in [3.63, 3.8) is 0 Å². The summed E-state index contributed by atoms with van der Waals surface area (Å²) in [7, 11) is 0. The minimum absolute atomic E-state index is 0.101. The van der Waals surface area contributed by atoms with Crippen molar-refractivity contribution in [3.05, 3.63) is 60.0 Å². The number of carbonyl (C=O) groups excluding carboxylic acids is 1. The maximum Gasteiger partial charge on any atom is 0.320 e. The molecule has 1 aliphatic rings. The van der Waals surface area contributed by atoms with E-state index in [4.69, 9.17) is 9.15 Å². The third kappa shape index (κ3) is 4.72. The number of benzene rings is 2. The lowest BCUT2D eigenvalue weighted by molar-refractivity contribution is 0.0991. The summed E-state index contributed by atoms with van der Waals surface area (Å²) in [5, 5.41) is 13.5. The van der Waals surface area contributed by atoms with Gasteiger partial charge in [-0.1, -0.05) is 24.2 Å². The molecule has 0 unspecified atom stereocenters. The van der Waals surface area contributed by atoms with Gasteiger partial charge >= 0.3 is 17.8 Å². The predicted molar refractivity (Wildman–Crippen MR) is 111 cm³/mol. The molecular formula is C21H23N5O3. The lowest BCUT2D eigenvalue weighted by Crippen LogP contribution is -2.36. The fourth-order valence-electron chi connectivity index (χ4n) is 3.12. The van der Waals surface area contributed by atoms with E-state index in [2.05, 4.69) is 32.7 Å². The molecule has 8 nitrogen and oxygen atoms in total. The summed E-state index contributed by atoms with van der Waals surface area (Å²) in [5.74, 6) is -0.552. The molecule has 29 heavy (non-hydrogen) atoms. The van der Waals surface area contributed by atoms with Crippen molar-refractivity contribution in [2.75, 3.05) is 41.8 Å². The Bertz CT molecular complexity index is 964. The van der Waals surface area contributed by atoms with Gasteiger partial charge in [0.2, 0.25) is 0 Å². The Morgan fingerprint density at radius 3 is 2.62 bits per heavy atom. The Kier molecular flexibility index (Phi) is 5.71. The molecule has 8 heteroatoms. The Morgan fingerprint density at radius 2 is 1.86 bits per heavy atom. The second kappa shape index (κ2) is 8.74. The molecule has 2 heterocycles. The average molecular weight is 393 g/mol. The van der Waals surface area contributed by atoms with E-state index in [1.54, 1.807) is 0 Å². The Morgan fingerprint density at radius 1 is 1.07 bits per heavy atom. The van der Waals surface area contributed by atoms with E-state index in [0.717, 1.165) is 44.1 Å². The first-order valence-electron chi connectivity index (χ1n) is 9.65. The molecule has 4 rings (SSSR count). The fourth-order valence-corrected chi connectivity index (χ4v) is 3.12. The number of nitrogens with zero attached hydrogens (tertiary/aromatic N) is 3. The zero-order chi connectivity index (χ0) is 20.1. The van der Waals surface area contributed by atoms with Gasteiger partial charge in [-0.2, -0.15) is 0 Å². The number of carbonyl (C=O) groups is 1. The molecular weight excluding hydrogens is 370 g/mol. The molecule has 1 amide bonds. The Balaban J connectivity index is 1.37. The summed E-state index contributed by atoms with van der Waals surface area (Å²) in [6, 6.07) is 15.7. The predicted octanol–water partition coefficient (Wildman–Crippen LogP) is 3.46. The summed E-state index contributed by atoms with van der Waals surface area (Å²) in [6.07, 6.45) is 0.928. The van der Waals surface area contributed by atoms with Gasteiger partial charge in [-0.3, -0.25) is 4.79 Å². The summed E-state index contributed by atoms with van der Waals surface area (Å²) in [5.41, 5.74) is 3.78. The number of anilines is 4. The first-order chi connectivity index (χ1) is 14.2. The van der Waals surface area contributed by atoms with Crippen LogP contribution in [-0.4, -0.2) is 42.4 Å². The van der Waals surface area contributed by atoms with Gasteiger partial charge in [0.05, 0.1) is 13.2 Å². The van der Waals surface area contributed by atoms with Crippen molar-refractivity contribution in [1.29, 1.82) is 0 Å². The van der Waals surface area contributed by atoms with E-state index in [0.29, 0.717) is 5.69 Å². The number of hydrogen-bond acceptors (Lipinski definition) is 7. The van der Waals surface area contributed by atoms with E-state index in [1.807, 2.05) is 48.5 Å². The lowest BCUT2D eigenvalue weighted by atomic mass is 10.1. The van der Waals surface area contributed by atoms with Gasteiger partial charge in [-0.05, 0) is 48.4 Å². The van der Waals surface area contributed by atoms with Gasteiger partial charge < -0.3 is 24.7 Å². The SMILES string of the molecule is CCc1cccc(Nc2nnc(C(=O)Nc3ccc(N4CCOCC4)cc3)o2)c1. The number of morpholine rings is 1. The Labute approximate surface area is 168 Å². The van der Waals surface area contributed by atoms with Crippen LogP contribution >= 0.6 is 0 Å². The summed E-state index contributed by atoms with van der Waals surface area (Å²) in [4.78, 5) is 14.7. The second-order valence-electron chi connectivity index (χ2n) is 6.69. The van der Waals surface area contributed by atoms with Crippen molar-refractivity contribution in [2.45, 2.75) is 13.3 Å². The van der Waals surface area contributed by atoms with E-state index in [9.17, 15) is 4.79 Å². The Hall–Kier alpha value is -3.39. The van der Waals surface area contributed by atoms with E-state index in [-0.39, 0.29) is 11.9 Å². The standard InChI is InChI=1S/C21H23N5O3/c1-2-15-4-3-5-17(14-15)23-21-25-24-20(29-21)19(27)22-16-6-8-18(9-7-16)26-10-12-28-13-11-26/h3-9,14H,2,10-13H2,1H3,(H,22,27)(H,23,25). The van der Waals surface area contributed by atoms with Crippen LogP contribution in [0.2, 0.25) is 0 Å². The maximum absolute atomic E-state index is 12.4. The zero-order valence-electron chi connectivity index (χ0n) is 16.2. The molecule has 0 aliphatic carbocycles. The van der Waals surface area contributed by atoms with Crippen molar-refractivity contribution in [1.82, 2.24) is 10.2 Å². The van der Waals surface area contributed by atoms with Crippen LogP contribution in [0, 0.1) is 0 Å². The second-order valence-corrected chi connectivity index (χ2v) is 6.69. The monoisotopic (exact) mass is 393 g/mol. The quantitative estimate of drug-likeness (QED) is 0.662. The van der Waals surface area contributed by atoms with Crippen molar-refractivity contribution >= 4 is 29.0 Å². The van der Waals surface area contributed by atoms with Crippen LogP contribution in [0.4, 0.5) is 23.1 Å². The normalized spacial score (nSPS) is 13.9. The highest BCUT2D eigenvalue weighted by Crippen LogP contribution is 2.20. The largest absolute Gasteiger partial charge is 0.399 e. The molecule has 0 radical (unpaired) electrons. The minimum Gasteiger partial charge on any atom is -0.399 e. The number of ether oxygens (including phenoxy) is 1. The van der Waals surface area contributed by atoms with Crippen LogP contribution in [0.5, 0.6) is 0 Å². The zero-order valence-corrected chi connectivity index (χ0v) is 16.2. The average Bonchev–Trinajstić information content (AvgIpc) is 3.24. The highest BCUT2D eigenvalue weighted by molar-refractivity contribution is 6.01. The molecule has 3 aromatic rings. The molecule has 1 fully saturated rings. The van der Waals surface area contributed by atoms with Crippen LogP contribution in [0.15, 0.2) is 52.9 Å². The van der Waals surface area contributed by atoms with Crippen LogP contribution in [0.1, 0.15) is 23.2 Å². The van der Waals surface area contributed by atoms with Gasteiger partial charge in [0.15, 0.2) is 0 Å². The van der Waals surface area contributed by atoms with Gasteiger partial charge in [-0.25, -0.2) is 0 Å². The van der Waals surface area contributed by atoms with Crippen molar-refractivity contribution in [2.24, 2.45) is 0 Å². The van der Waals surface area contributed by atoms with Crippen LogP contribution in [0.25, 0.3) is 0 Å². The fraction of sp³-hybridized carbons (Fsp3) is 0.286. The summed E-state index contributed by atoms with van der Waals surface area (Å²) < 4.78 is 10.8. The topological polar surface area (TPSA) is 92.5 Å². The van der Waals surface area contributed by atoms with E-state index >= 15 is 0 Å². The van der Waals surface area contributed by atoms with Gasteiger partial charge in [0.1, 0.15) is 0 Å². The third-order valence-corrected chi connectivity index (χ3v) is 4.71. The minimum atomic E-state index is -0.452. The number of amides is 1. The van der Waals surface area contributed by atoms with Crippen LogP contribution < -0.4 is 15.5 Å². The molecule has 1 aliphatic heterocycles. The maximum atomic E-state index is 12.4. The highest BCUT2D eigenvalue weighted by Gasteiger charge is 2.16. The number of aromatic nitrogens is 2. The van der Waals surface area contributed by atoms with Crippen LogP contribution in [-0.2, 0) is 11.2 Å². The van der Waals surface area contributed by atoms with Gasteiger partial charge in [0, 0.05) is 30.2 Å². The third-order valence-electron chi connectivity index (χ3n) is 4.71.